The molecule has 2 rings (SSSR count). The molecule has 1 aromatic rings. The molecular weight excluding hydrogens is 314 g/mol. The number of aryl methyl sites for hydroxylation is 1. The van der Waals surface area contributed by atoms with Crippen LogP contribution in [0.3, 0.4) is 0 Å². The van der Waals surface area contributed by atoms with E-state index in [9.17, 15) is 14.7 Å². The molecule has 0 saturated heterocycles. The van der Waals surface area contributed by atoms with Crippen LogP contribution in [0, 0.1) is 6.92 Å². The second kappa shape index (κ2) is 7.82. The van der Waals surface area contributed by atoms with Gasteiger partial charge >= 0.3 is 5.97 Å². The van der Waals surface area contributed by atoms with Crippen LogP contribution >= 0.6 is 11.6 Å². The van der Waals surface area contributed by atoms with Crippen molar-refractivity contribution in [2.45, 2.75) is 63.8 Å². The summed E-state index contributed by atoms with van der Waals surface area (Å²) in [5.74, 6) is -1.15. The molecule has 0 atom stereocenters. The van der Waals surface area contributed by atoms with E-state index in [1.807, 2.05) is 19.1 Å². The van der Waals surface area contributed by atoms with E-state index in [0.29, 0.717) is 17.9 Å². The van der Waals surface area contributed by atoms with Gasteiger partial charge in [0.2, 0.25) is 5.91 Å². The molecule has 1 aromatic carbocycles. The van der Waals surface area contributed by atoms with Gasteiger partial charge < -0.3 is 10.4 Å². The van der Waals surface area contributed by atoms with Crippen molar-refractivity contribution in [1.82, 2.24) is 5.32 Å². The third kappa shape index (κ3) is 4.71. The lowest BCUT2D eigenvalue weighted by atomic mass is 9.83. The summed E-state index contributed by atoms with van der Waals surface area (Å²) in [6, 6.07) is 5.38. The molecule has 1 fully saturated rings. The number of halogens is 1. The van der Waals surface area contributed by atoms with Gasteiger partial charge in [-0.25, -0.2) is 4.79 Å². The summed E-state index contributed by atoms with van der Waals surface area (Å²) in [5, 5.41) is 13.1. The molecule has 1 aliphatic carbocycles. The second-order valence-corrected chi connectivity index (χ2v) is 6.89. The van der Waals surface area contributed by atoms with Gasteiger partial charge in [-0.3, -0.25) is 4.79 Å². The highest BCUT2D eigenvalue weighted by Gasteiger charge is 2.39. The van der Waals surface area contributed by atoms with E-state index in [4.69, 9.17) is 11.6 Å². The first-order valence-electron chi connectivity index (χ1n) is 8.22. The van der Waals surface area contributed by atoms with Gasteiger partial charge in [-0.2, -0.15) is 0 Å². The highest BCUT2D eigenvalue weighted by atomic mass is 35.5. The molecule has 23 heavy (non-hydrogen) atoms. The second-order valence-electron chi connectivity index (χ2n) is 6.45. The zero-order valence-corrected chi connectivity index (χ0v) is 14.3. The monoisotopic (exact) mass is 337 g/mol. The minimum Gasteiger partial charge on any atom is -0.480 e. The Morgan fingerprint density at radius 3 is 2.35 bits per heavy atom. The minimum absolute atomic E-state index is 0.179. The molecule has 0 aliphatic heterocycles. The zero-order chi connectivity index (χ0) is 16.9. The Morgan fingerprint density at radius 1 is 1.17 bits per heavy atom. The molecule has 2 N–H and O–H groups in total. The summed E-state index contributed by atoms with van der Waals surface area (Å²) in [4.78, 5) is 24.2. The van der Waals surface area contributed by atoms with E-state index < -0.39 is 11.5 Å². The van der Waals surface area contributed by atoms with Crippen LogP contribution in [-0.4, -0.2) is 22.5 Å². The summed E-state index contributed by atoms with van der Waals surface area (Å²) >= 11 is 5.93. The first kappa shape index (κ1) is 17.8. The molecule has 126 valence electrons. The molecule has 0 bridgehead atoms. The third-order valence-electron chi connectivity index (χ3n) is 4.65. The fraction of sp³-hybridized carbons (Fsp3) is 0.556. The maximum Gasteiger partial charge on any atom is 0.329 e. The Hall–Kier alpha value is -1.55. The summed E-state index contributed by atoms with van der Waals surface area (Å²) in [7, 11) is 0. The number of nitrogens with one attached hydrogen (secondary N) is 1. The number of hydrogen-bond donors (Lipinski definition) is 2. The number of carbonyl (C=O) groups is 2. The van der Waals surface area contributed by atoms with Crippen molar-refractivity contribution in [3.8, 4) is 0 Å². The minimum atomic E-state index is -1.11. The Kier molecular flexibility index (Phi) is 6.05. The van der Waals surface area contributed by atoms with Gasteiger partial charge in [0.1, 0.15) is 5.54 Å². The number of carboxylic acids is 1. The van der Waals surface area contributed by atoms with Crippen LogP contribution in [0.2, 0.25) is 5.02 Å². The summed E-state index contributed by atoms with van der Waals surface area (Å²) in [6.07, 6.45) is 6.08. The molecule has 1 saturated carbocycles. The van der Waals surface area contributed by atoms with Crippen molar-refractivity contribution in [3.63, 3.8) is 0 Å². The number of benzene rings is 1. The number of carboxylic acid groups (broad SMARTS) is 1. The normalized spacial score (nSPS) is 17.8. The quantitative estimate of drug-likeness (QED) is 0.876. The van der Waals surface area contributed by atoms with Crippen molar-refractivity contribution >= 4 is 23.5 Å². The highest BCUT2D eigenvalue weighted by Crippen LogP contribution is 2.27. The molecule has 0 aromatic heterocycles. The Labute approximate surface area is 142 Å². The molecule has 4 nitrogen and oxygen atoms in total. The number of carbonyl (C=O) groups excluding carboxylic acids is 1. The van der Waals surface area contributed by atoms with Crippen molar-refractivity contribution in [2.24, 2.45) is 0 Å². The SMILES string of the molecule is Cc1cc(Cl)ccc1CC(=O)NC1(C(=O)O)CCCCCCC1. The van der Waals surface area contributed by atoms with E-state index in [0.717, 1.165) is 43.2 Å². The van der Waals surface area contributed by atoms with Crippen LogP contribution in [0.25, 0.3) is 0 Å². The average molecular weight is 338 g/mol. The van der Waals surface area contributed by atoms with E-state index in [1.165, 1.54) is 0 Å². The maximum atomic E-state index is 12.4. The van der Waals surface area contributed by atoms with Crippen molar-refractivity contribution < 1.29 is 14.7 Å². The first-order chi connectivity index (χ1) is 10.9. The lowest BCUT2D eigenvalue weighted by molar-refractivity contribution is -0.148. The summed E-state index contributed by atoms with van der Waals surface area (Å²) < 4.78 is 0. The Morgan fingerprint density at radius 2 is 1.78 bits per heavy atom. The third-order valence-corrected chi connectivity index (χ3v) is 4.89. The van der Waals surface area contributed by atoms with Crippen molar-refractivity contribution in [1.29, 1.82) is 0 Å². The van der Waals surface area contributed by atoms with E-state index in [-0.39, 0.29) is 12.3 Å². The fourth-order valence-electron chi connectivity index (χ4n) is 3.24. The average Bonchev–Trinajstić information content (AvgIpc) is 2.45. The van der Waals surface area contributed by atoms with Gasteiger partial charge in [-0.05, 0) is 43.0 Å². The van der Waals surface area contributed by atoms with Crippen molar-refractivity contribution in [3.05, 3.63) is 34.3 Å². The Bertz CT molecular complexity index is 578. The fourth-order valence-corrected chi connectivity index (χ4v) is 3.47. The maximum absolute atomic E-state index is 12.4. The van der Waals surface area contributed by atoms with Crippen molar-refractivity contribution in [2.75, 3.05) is 0 Å². The standard InChI is InChI=1S/C18H24ClNO3/c1-13-11-15(19)8-7-14(13)12-16(21)20-18(17(22)23)9-5-3-2-4-6-10-18/h7-8,11H,2-6,9-10,12H2,1H3,(H,20,21)(H,22,23). The van der Waals surface area contributed by atoms with Crippen LogP contribution < -0.4 is 5.32 Å². The van der Waals surface area contributed by atoms with Crippen LogP contribution in [0.5, 0.6) is 0 Å². The molecule has 1 aliphatic rings. The predicted molar refractivity (Wildman–Crippen MR) is 90.7 cm³/mol. The first-order valence-corrected chi connectivity index (χ1v) is 8.60. The lowest BCUT2D eigenvalue weighted by Crippen LogP contribution is -2.55. The van der Waals surface area contributed by atoms with Crippen LogP contribution in [-0.2, 0) is 16.0 Å². The summed E-state index contributed by atoms with van der Waals surface area (Å²) in [6.45, 7) is 1.90. The van der Waals surface area contributed by atoms with Crippen LogP contribution in [0.1, 0.15) is 56.1 Å². The van der Waals surface area contributed by atoms with Gasteiger partial charge in [0.05, 0.1) is 6.42 Å². The van der Waals surface area contributed by atoms with Gasteiger partial charge in [-0.1, -0.05) is 49.8 Å². The number of aliphatic carboxylic acids is 1. The topological polar surface area (TPSA) is 66.4 Å². The molecule has 0 unspecified atom stereocenters. The van der Waals surface area contributed by atoms with E-state index >= 15 is 0 Å². The number of rotatable bonds is 4. The molecule has 0 radical (unpaired) electrons. The van der Waals surface area contributed by atoms with E-state index in [2.05, 4.69) is 5.32 Å². The van der Waals surface area contributed by atoms with Gasteiger partial charge in [0.25, 0.3) is 0 Å². The smallest absolute Gasteiger partial charge is 0.329 e. The van der Waals surface area contributed by atoms with Gasteiger partial charge in [0.15, 0.2) is 0 Å². The highest BCUT2D eigenvalue weighted by molar-refractivity contribution is 6.30. The van der Waals surface area contributed by atoms with Gasteiger partial charge in [-0.15, -0.1) is 0 Å². The summed E-state index contributed by atoms with van der Waals surface area (Å²) in [5.41, 5.74) is 0.700. The molecule has 0 spiro atoms. The van der Waals surface area contributed by atoms with Crippen LogP contribution in [0.15, 0.2) is 18.2 Å². The van der Waals surface area contributed by atoms with Gasteiger partial charge in [0, 0.05) is 5.02 Å². The number of amides is 1. The predicted octanol–water partition coefficient (Wildman–Crippen LogP) is 3.87. The molecule has 1 amide bonds. The molecule has 0 heterocycles. The van der Waals surface area contributed by atoms with Crippen LogP contribution in [0.4, 0.5) is 0 Å². The Balaban J connectivity index is 2.09. The zero-order valence-electron chi connectivity index (χ0n) is 13.5. The lowest BCUT2D eigenvalue weighted by Gasteiger charge is -2.32. The number of hydrogen-bond acceptors (Lipinski definition) is 2. The largest absolute Gasteiger partial charge is 0.480 e. The van der Waals surface area contributed by atoms with E-state index in [1.54, 1.807) is 6.07 Å². The molecule has 5 heteroatoms. The molecular formula is C18H24ClNO3.